The summed E-state index contributed by atoms with van der Waals surface area (Å²) in [4.78, 5) is 25.0. The number of nitrogens with one attached hydrogen (secondary N) is 2. The molecule has 0 saturated carbocycles. The summed E-state index contributed by atoms with van der Waals surface area (Å²) in [6.45, 7) is 25.5. The highest BCUT2D eigenvalue weighted by Gasteiger charge is 2.43. The van der Waals surface area contributed by atoms with E-state index < -0.39 is 41.0 Å². The van der Waals surface area contributed by atoms with Crippen LogP contribution in [0, 0.1) is 11.8 Å². The second-order valence-electron chi connectivity index (χ2n) is 16.0. The number of rotatable bonds is 12. The van der Waals surface area contributed by atoms with Crippen molar-refractivity contribution in [3.05, 3.63) is 23.6 Å². The fourth-order valence-electron chi connectivity index (χ4n) is 3.75. The average Bonchev–Trinajstić information content (AvgIpc) is 3.53. The third-order valence-electron chi connectivity index (χ3n) is 7.96. The number of carbonyl (C=O) groups is 2. The van der Waals surface area contributed by atoms with E-state index in [4.69, 9.17) is 4.52 Å². The van der Waals surface area contributed by atoms with Crippen molar-refractivity contribution in [2.24, 2.45) is 18.9 Å². The first kappa shape index (κ1) is 42.3. The van der Waals surface area contributed by atoms with E-state index >= 15 is 0 Å². The lowest BCUT2D eigenvalue weighted by Crippen LogP contribution is -2.46. The first-order valence-electron chi connectivity index (χ1n) is 16.0. The number of aromatic nitrogens is 3. The summed E-state index contributed by atoms with van der Waals surface area (Å²) in [7, 11) is -5.39. The zero-order chi connectivity index (χ0) is 37.0. The second-order valence-corrected chi connectivity index (χ2v) is 21.4. The minimum absolute atomic E-state index is 0.00369. The zero-order valence-electron chi connectivity index (χ0n) is 31.2. The number of hydrogen-bond donors (Lipinski definition) is 2. The van der Waals surface area contributed by atoms with Crippen LogP contribution in [-0.2, 0) is 47.1 Å². The predicted octanol–water partition coefficient (Wildman–Crippen LogP) is 6.05. The molecule has 2 aromatic rings. The van der Waals surface area contributed by atoms with Crippen LogP contribution in [0.5, 0.6) is 0 Å². The SMILES string of the molecule is CC(C)CCS(=O)(=O)C(C)(C)C(=O)Nc1cc(C(C)(C)C)nn1C.CC(C)CCS(=O)(=O)C(C)(C)C(=O)Nc1cc(C(C)(C)C)on1. The Labute approximate surface area is 283 Å². The molecule has 2 amide bonds. The molecule has 2 rings (SSSR count). The lowest BCUT2D eigenvalue weighted by atomic mass is 9.92. The van der Waals surface area contributed by atoms with Crippen molar-refractivity contribution in [3.8, 4) is 0 Å². The van der Waals surface area contributed by atoms with Crippen LogP contribution in [0.1, 0.15) is 121 Å². The molecule has 2 heterocycles. The lowest BCUT2D eigenvalue weighted by molar-refractivity contribution is -0.118. The molecule has 0 aliphatic heterocycles. The van der Waals surface area contributed by atoms with Crippen molar-refractivity contribution < 1.29 is 30.9 Å². The van der Waals surface area contributed by atoms with Crippen molar-refractivity contribution in [2.75, 3.05) is 22.1 Å². The minimum Gasteiger partial charge on any atom is -0.359 e. The molecule has 270 valence electrons. The van der Waals surface area contributed by atoms with Crippen LogP contribution in [0.4, 0.5) is 11.6 Å². The van der Waals surface area contributed by atoms with Gasteiger partial charge in [-0.15, -0.1) is 0 Å². The van der Waals surface area contributed by atoms with Crippen LogP contribution in [0.15, 0.2) is 16.7 Å². The van der Waals surface area contributed by atoms with E-state index in [0.717, 1.165) is 5.69 Å². The van der Waals surface area contributed by atoms with E-state index in [-0.39, 0.29) is 40.0 Å². The van der Waals surface area contributed by atoms with Crippen LogP contribution in [-0.4, -0.2) is 64.6 Å². The standard InChI is InChI=1S/C17H31N3O3S.C16H28N2O4S/c1-12(2)9-10-24(22,23)17(6,7)15(21)18-14-11-13(16(3,4)5)19-20(14)8;1-11(2)8-9-23(20,21)16(6,7)14(19)17-13-10-12(22-18-13)15(3,4)5/h11-12H,9-10H2,1-8H3,(H,18,21);10-11H,8-9H2,1-7H3,(H,17,18,19). The molecule has 47 heavy (non-hydrogen) atoms. The molecule has 0 radical (unpaired) electrons. The molecule has 2 N–H and O–H groups in total. The smallest absolute Gasteiger partial charge is 0.246 e. The zero-order valence-corrected chi connectivity index (χ0v) is 32.8. The van der Waals surface area contributed by atoms with Crippen molar-refractivity contribution in [3.63, 3.8) is 0 Å². The maximum Gasteiger partial charge on any atom is 0.246 e. The second kappa shape index (κ2) is 15.2. The number of aryl methyl sites for hydroxylation is 1. The molecule has 2 aromatic heterocycles. The highest BCUT2D eigenvalue weighted by atomic mass is 32.2. The Balaban J connectivity index is 0.000000470. The van der Waals surface area contributed by atoms with E-state index in [2.05, 4.69) is 20.9 Å². The predicted molar refractivity (Wildman–Crippen MR) is 189 cm³/mol. The van der Waals surface area contributed by atoms with Crippen LogP contribution in [0.2, 0.25) is 0 Å². The maximum absolute atomic E-state index is 12.6. The van der Waals surface area contributed by atoms with Gasteiger partial charge in [-0.05, 0) is 52.4 Å². The quantitative estimate of drug-likeness (QED) is 0.268. The molecule has 0 aliphatic rings. The molecular weight excluding hydrogens is 643 g/mol. The molecular formula is C33H59N5O7S2. The summed E-state index contributed by atoms with van der Waals surface area (Å²) >= 11 is 0. The van der Waals surface area contributed by atoms with E-state index in [1.807, 2.05) is 69.2 Å². The van der Waals surface area contributed by atoms with Gasteiger partial charge in [0.05, 0.1) is 17.2 Å². The third-order valence-corrected chi connectivity index (χ3v) is 13.0. The Morgan fingerprint density at radius 2 is 1.17 bits per heavy atom. The van der Waals surface area contributed by atoms with E-state index in [0.29, 0.717) is 24.4 Å². The van der Waals surface area contributed by atoms with Gasteiger partial charge in [0.15, 0.2) is 25.5 Å². The summed E-state index contributed by atoms with van der Waals surface area (Å²) in [5, 5.41) is 13.4. The summed E-state index contributed by atoms with van der Waals surface area (Å²) in [5.74, 6) is 0.724. The summed E-state index contributed by atoms with van der Waals surface area (Å²) in [5.41, 5.74) is 0.440. The van der Waals surface area contributed by atoms with Crippen molar-refractivity contribution in [1.82, 2.24) is 14.9 Å². The number of carbonyl (C=O) groups excluding carboxylic acids is 2. The number of hydrogen-bond acceptors (Lipinski definition) is 9. The van der Waals surface area contributed by atoms with Crippen LogP contribution < -0.4 is 10.6 Å². The number of amides is 2. The molecule has 0 aromatic carbocycles. The van der Waals surface area contributed by atoms with Gasteiger partial charge in [-0.3, -0.25) is 14.3 Å². The number of nitrogens with zero attached hydrogens (tertiary/aromatic N) is 3. The highest BCUT2D eigenvalue weighted by molar-refractivity contribution is 7.93. The maximum atomic E-state index is 12.6. The molecule has 0 fully saturated rings. The van der Waals surface area contributed by atoms with Gasteiger partial charge in [-0.25, -0.2) is 16.8 Å². The topological polar surface area (TPSA) is 170 Å². The van der Waals surface area contributed by atoms with Crippen LogP contribution in [0.3, 0.4) is 0 Å². The molecule has 0 bridgehead atoms. The van der Waals surface area contributed by atoms with Gasteiger partial charge in [-0.2, -0.15) is 5.10 Å². The van der Waals surface area contributed by atoms with Gasteiger partial charge in [-0.1, -0.05) is 74.4 Å². The third kappa shape index (κ3) is 11.4. The number of anilines is 2. The van der Waals surface area contributed by atoms with E-state index in [9.17, 15) is 26.4 Å². The molecule has 0 atom stereocenters. The van der Waals surface area contributed by atoms with Gasteiger partial charge in [0.1, 0.15) is 21.1 Å². The number of sulfone groups is 2. The van der Waals surface area contributed by atoms with Crippen LogP contribution in [0.25, 0.3) is 0 Å². The molecule has 14 heteroatoms. The van der Waals surface area contributed by atoms with Crippen molar-refractivity contribution in [2.45, 2.75) is 130 Å². The largest absolute Gasteiger partial charge is 0.359 e. The van der Waals surface area contributed by atoms with Crippen molar-refractivity contribution in [1.29, 1.82) is 0 Å². The summed E-state index contributed by atoms with van der Waals surface area (Å²) < 4.78 is 53.7. The van der Waals surface area contributed by atoms with E-state index in [1.54, 1.807) is 23.9 Å². The fourth-order valence-corrected chi connectivity index (χ4v) is 7.00. The molecule has 0 aliphatic carbocycles. The Morgan fingerprint density at radius 3 is 1.51 bits per heavy atom. The normalized spacial score (nSPS) is 13.4. The lowest BCUT2D eigenvalue weighted by Gasteiger charge is -2.24. The highest BCUT2D eigenvalue weighted by Crippen LogP contribution is 2.28. The van der Waals surface area contributed by atoms with Gasteiger partial charge >= 0.3 is 0 Å². The Bertz CT molecular complexity index is 1590. The van der Waals surface area contributed by atoms with Crippen molar-refractivity contribution >= 4 is 43.1 Å². The van der Waals surface area contributed by atoms with Gasteiger partial charge in [0, 0.05) is 30.0 Å². The molecule has 0 saturated heterocycles. The van der Waals surface area contributed by atoms with Gasteiger partial charge in [0.2, 0.25) is 11.8 Å². The summed E-state index contributed by atoms with van der Waals surface area (Å²) in [6.07, 6.45) is 1.07. The summed E-state index contributed by atoms with van der Waals surface area (Å²) in [6, 6.07) is 3.41. The van der Waals surface area contributed by atoms with Gasteiger partial charge in [0.25, 0.3) is 0 Å². The van der Waals surface area contributed by atoms with Gasteiger partial charge < -0.3 is 15.2 Å². The first-order chi connectivity index (χ1) is 21.0. The Kier molecular flexibility index (Phi) is 13.7. The minimum atomic E-state index is -3.57. The van der Waals surface area contributed by atoms with Crippen LogP contribution >= 0.6 is 0 Å². The Hall–Kier alpha value is -2.74. The molecule has 12 nitrogen and oxygen atoms in total. The monoisotopic (exact) mass is 701 g/mol. The fraction of sp³-hybridized carbons (Fsp3) is 0.758. The molecule has 0 spiro atoms. The first-order valence-corrected chi connectivity index (χ1v) is 19.4. The average molecular weight is 702 g/mol. The molecule has 0 unspecified atom stereocenters. The van der Waals surface area contributed by atoms with E-state index in [1.165, 1.54) is 27.7 Å². The Morgan fingerprint density at radius 1 is 0.745 bits per heavy atom.